The fourth-order valence-corrected chi connectivity index (χ4v) is 1.91. The average Bonchev–Trinajstić information content (AvgIpc) is 2.21. The van der Waals surface area contributed by atoms with E-state index in [1.807, 2.05) is 6.92 Å². The Hall–Kier alpha value is -0.520. The Balaban J connectivity index is 2.05. The third-order valence-electron chi connectivity index (χ3n) is 3.09. The van der Waals surface area contributed by atoms with Gasteiger partial charge in [-0.15, -0.1) is 6.42 Å². The first-order valence-corrected chi connectivity index (χ1v) is 5.60. The van der Waals surface area contributed by atoms with Crippen LogP contribution in [-0.4, -0.2) is 37.6 Å². The molecule has 0 spiro atoms. The van der Waals surface area contributed by atoms with E-state index in [0.29, 0.717) is 0 Å². The van der Waals surface area contributed by atoms with E-state index in [1.54, 1.807) is 0 Å². The van der Waals surface area contributed by atoms with Gasteiger partial charge in [0, 0.05) is 0 Å². The number of nitrogens with zero attached hydrogens (tertiary/aromatic N) is 1. The van der Waals surface area contributed by atoms with Crippen LogP contribution in [-0.2, 0) is 0 Å². The third-order valence-corrected chi connectivity index (χ3v) is 3.09. The molecule has 0 aromatic heterocycles. The Labute approximate surface area is 88.1 Å². The minimum atomic E-state index is 0.223. The SMILES string of the molecule is C#CC(C)NCCC1CCN(C)CC1. The van der Waals surface area contributed by atoms with Crippen molar-refractivity contribution in [2.24, 2.45) is 5.92 Å². The van der Waals surface area contributed by atoms with E-state index in [4.69, 9.17) is 6.42 Å². The number of hydrogen-bond acceptors (Lipinski definition) is 2. The molecule has 1 aliphatic rings. The molecule has 1 heterocycles. The monoisotopic (exact) mass is 194 g/mol. The average molecular weight is 194 g/mol. The number of nitrogens with one attached hydrogen (secondary N) is 1. The highest BCUT2D eigenvalue weighted by molar-refractivity contribution is 4.95. The van der Waals surface area contributed by atoms with E-state index in [9.17, 15) is 0 Å². The normalized spacial score (nSPS) is 21.8. The van der Waals surface area contributed by atoms with Crippen molar-refractivity contribution < 1.29 is 0 Å². The predicted octanol–water partition coefficient (Wildman–Crippen LogP) is 1.33. The second kappa shape index (κ2) is 6.06. The van der Waals surface area contributed by atoms with Crippen LogP contribution in [0.1, 0.15) is 26.2 Å². The van der Waals surface area contributed by atoms with Crippen molar-refractivity contribution in [3.05, 3.63) is 0 Å². The van der Waals surface area contributed by atoms with Crippen LogP contribution in [0.4, 0.5) is 0 Å². The van der Waals surface area contributed by atoms with Crippen molar-refractivity contribution in [1.29, 1.82) is 0 Å². The zero-order valence-electron chi connectivity index (χ0n) is 9.42. The first-order chi connectivity index (χ1) is 6.72. The smallest absolute Gasteiger partial charge is 0.0658 e. The van der Waals surface area contributed by atoms with Gasteiger partial charge in [-0.25, -0.2) is 0 Å². The van der Waals surface area contributed by atoms with Gasteiger partial charge in [0.25, 0.3) is 0 Å². The van der Waals surface area contributed by atoms with E-state index in [2.05, 4.69) is 23.2 Å². The summed E-state index contributed by atoms with van der Waals surface area (Å²) >= 11 is 0. The highest BCUT2D eigenvalue weighted by atomic mass is 15.1. The maximum absolute atomic E-state index is 5.29. The molecule has 0 saturated carbocycles. The molecule has 2 heteroatoms. The second-order valence-corrected chi connectivity index (χ2v) is 4.38. The van der Waals surface area contributed by atoms with Crippen LogP contribution >= 0.6 is 0 Å². The molecule has 1 fully saturated rings. The van der Waals surface area contributed by atoms with Crippen molar-refractivity contribution >= 4 is 0 Å². The first-order valence-electron chi connectivity index (χ1n) is 5.60. The molecule has 80 valence electrons. The van der Waals surface area contributed by atoms with Crippen LogP contribution in [0.3, 0.4) is 0 Å². The molecule has 14 heavy (non-hydrogen) atoms. The molecule has 0 amide bonds. The Bertz CT molecular complexity index is 187. The van der Waals surface area contributed by atoms with Gasteiger partial charge in [0.15, 0.2) is 0 Å². The van der Waals surface area contributed by atoms with Gasteiger partial charge in [-0.1, -0.05) is 5.92 Å². The fraction of sp³-hybridized carbons (Fsp3) is 0.833. The van der Waals surface area contributed by atoms with Gasteiger partial charge in [0.1, 0.15) is 0 Å². The molecule has 0 aliphatic carbocycles. The number of hydrogen-bond donors (Lipinski definition) is 1. The van der Waals surface area contributed by atoms with Crippen molar-refractivity contribution in [2.75, 3.05) is 26.7 Å². The highest BCUT2D eigenvalue weighted by Crippen LogP contribution is 2.18. The van der Waals surface area contributed by atoms with Gasteiger partial charge >= 0.3 is 0 Å². The summed E-state index contributed by atoms with van der Waals surface area (Å²) in [5.41, 5.74) is 0. The number of terminal acetylenes is 1. The molecule has 1 rings (SSSR count). The van der Waals surface area contributed by atoms with Crippen LogP contribution in [0.2, 0.25) is 0 Å². The van der Waals surface area contributed by atoms with Gasteiger partial charge in [0.05, 0.1) is 6.04 Å². The lowest BCUT2D eigenvalue weighted by atomic mass is 9.94. The van der Waals surface area contributed by atoms with Gasteiger partial charge in [-0.3, -0.25) is 0 Å². The van der Waals surface area contributed by atoms with E-state index in [-0.39, 0.29) is 6.04 Å². The van der Waals surface area contributed by atoms with E-state index in [1.165, 1.54) is 32.4 Å². The maximum atomic E-state index is 5.29. The molecule has 1 atom stereocenters. The molecule has 0 radical (unpaired) electrons. The molecule has 1 unspecified atom stereocenters. The molecule has 0 bridgehead atoms. The lowest BCUT2D eigenvalue weighted by Crippen LogP contribution is -2.33. The largest absolute Gasteiger partial charge is 0.306 e. The molecule has 0 aromatic rings. The van der Waals surface area contributed by atoms with Gasteiger partial charge in [-0.05, 0) is 58.8 Å². The Kier molecular flexibility index (Phi) is 5.00. The van der Waals surface area contributed by atoms with Crippen LogP contribution in [0.25, 0.3) is 0 Å². The van der Waals surface area contributed by atoms with Crippen molar-refractivity contribution in [2.45, 2.75) is 32.2 Å². The highest BCUT2D eigenvalue weighted by Gasteiger charge is 2.15. The minimum Gasteiger partial charge on any atom is -0.306 e. The molecule has 2 nitrogen and oxygen atoms in total. The van der Waals surface area contributed by atoms with Crippen LogP contribution < -0.4 is 5.32 Å². The topological polar surface area (TPSA) is 15.3 Å². The van der Waals surface area contributed by atoms with E-state index >= 15 is 0 Å². The molecular formula is C12H22N2. The summed E-state index contributed by atoms with van der Waals surface area (Å²) in [6.07, 6.45) is 9.27. The summed E-state index contributed by atoms with van der Waals surface area (Å²) < 4.78 is 0. The zero-order chi connectivity index (χ0) is 10.4. The van der Waals surface area contributed by atoms with Gasteiger partial charge in [0.2, 0.25) is 0 Å². The summed E-state index contributed by atoms with van der Waals surface area (Å²) in [4.78, 5) is 2.41. The predicted molar refractivity (Wildman–Crippen MR) is 61.1 cm³/mol. The zero-order valence-corrected chi connectivity index (χ0v) is 9.42. The van der Waals surface area contributed by atoms with Gasteiger partial charge in [-0.2, -0.15) is 0 Å². The van der Waals surface area contributed by atoms with Crippen LogP contribution in [0.15, 0.2) is 0 Å². The minimum absolute atomic E-state index is 0.223. The summed E-state index contributed by atoms with van der Waals surface area (Å²) in [5, 5.41) is 3.34. The molecule has 0 aromatic carbocycles. The van der Waals surface area contributed by atoms with Crippen LogP contribution in [0, 0.1) is 18.3 Å². The number of piperidine rings is 1. The summed E-state index contributed by atoms with van der Waals surface area (Å²) in [6.45, 7) is 5.62. The Morgan fingerprint density at radius 2 is 2.14 bits per heavy atom. The molecular weight excluding hydrogens is 172 g/mol. The molecule has 1 saturated heterocycles. The van der Waals surface area contributed by atoms with Crippen molar-refractivity contribution in [3.63, 3.8) is 0 Å². The molecule has 1 aliphatic heterocycles. The lowest BCUT2D eigenvalue weighted by Gasteiger charge is -2.29. The Morgan fingerprint density at radius 3 is 2.71 bits per heavy atom. The van der Waals surface area contributed by atoms with Gasteiger partial charge < -0.3 is 10.2 Å². The van der Waals surface area contributed by atoms with Crippen molar-refractivity contribution in [3.8, 4) is 12.3 Å². The van der Waals surface area contributed by atoms with E-state index < -0.39 is 0 Å². The fourth-order valence-electron chi connectivity index (χ4n) is 1.91. The number of likely N-dealkylation sites (tertiary alicyclic amines) is 1. The molecule has 1 N–H and O–H groups in total. The second-order valence-electron chi connectivity index (χ2n) is 4.38. The first kappa shape index (κ1) is 11.6. The lowest BCUT2D eigenvalue weighted by molar-refractivity contribution is 0.211. The Morgan fingerprint density at radius 1 is 1.50 bits per heavy atom. The summed E-state index contributed by atoms with van der Waals surface area (Å²) in [6, 6.07) is 0.223. The maximum Gasteiger partial charge on any atom is 0.0658 e. The van der Waals surface area contributed by atoms with Crippen LogP contribution in [0.5, 0.6) is 0 Å². The quantitative estimate of drug-likeness (QED) is 0.679. The number of rotatable bonds is 4. The summed E-state index contributed by atoms with van der Waals surface area (Å²) in [5.74, 6) is 3.60. The van der Waals surface area contributed by atoms with Crippen molar-refractivity contribution in [1.82, 2.24) is 10.2 Å². The summed E-state index contributed by atoms with van der Waals surface area (Å²) in [7, 11) is 2.20. The third kappa shape index (κ3) is 4.13. The van der Waals surface area contributed by atoms with E-state index in [0.717, 1.165) is 12.5 Å². The standard InChI is InChI=1S/C12H22N2/c1-4-11(2)13-8-5-12-6-9-14(3)10-7-12/h1,11-13H,5-10H2,2-3H3.